The molecule has 0 bridgehead atoms. The summed E-state index contributed by atoms with van der Waals surface area (Å²) in [6, 6.07) is 7.78. The predicted molar refractivity (Wildman–Crippen MR) is 135 cm³/mol. The van der Waals surface area contributed by atoms with Crippen molar-refractivity contribution in [2.45, 2.75) is 33.1 Å². The first kappa shape index (κ1) is 25.9. The maximum absolute atomic E-state index is 13.7. The molecule has 0 radical (unpaired) electrons. The van der Waals surface area contributed by atoms with Gasteiger partial charge in [0.25, 0.3) is 0 Å². The molecule has 0 saturated carbocycles. The Morgan fingerprint density at radius 3 is 2.47 bits per heavy atom. The van der Waals surface area contributed by atoms with Crippen LogP contribution in [-0.2, 0) is 23.9 Å². The molecule has 8 heteroatoms. The Labute approximate surface area is 205 Å². The number of carbonyl (C=O) groups is 3. The summed E-state index contributed by atoms with van der Waals surface area (Å²) in [5.74, 6) is -1.37. The molecular formula is C26H34N2O5S. The molecule has 0 fully saturated rings. The molecular weight excluding hydrogens is 452 g/mol. The number of Topliss-reactive ketones (excluding diaryl/α,β-unsaturated/α-hetero) is 1. The molecule has 0 spiro atoms. The second-order valence-electron chi connectivity index (χ2n) is 8.85. The second-order valence-corrected chi connectivity index (χ2v) is 10.2. The molecule has 0 amide bonds. The van der Waals surface area contributed by atoms with E-state index in [2.05, 4.69) is 12.2 Å². The zero-order valence-electron chi connectivity index (χ0n) is 20.8. The van der Waals surface area contributed by atoms with Crippen LogP contribution < -0.4 is 10.2 Å². The number of allylic oxidation sites excluding steroid dienone is 3. The number of nitrogens with one attached hydrogen (secondary N) is 1. The molecule has 1 aliphatic heterocycles. The zero-order valence-corrected chi connectivity index (χ0v) is 21.6. The molecule has 0 saturated heterocycles. The van der Waals surface area contributed by atoms with Crippen LogP contribution in [0.2, 0.25) is 0 Å². The van der Waals surface area contributed by atoms with Crippen molar-refractivity contribution in [2.75, 3.05) is 44.2 Å². The lowest BCUT2D eigenvalue weighted by atomic mass is 9.69. The Balaban J connectivity index is 2.08. The van der Waals surface area contributed by atoms with Crippen molar-refractivity contribution in [2.24, 2.45) is 11.8 Å². The Hall–Kier alpha value is -2.74. The van der Waals surface area contributed by atoms with Crippen molar-refractivity contribution >= 4 is 35.2 Å². The van der Waals surface area contributed by atoms with Crippen LogP contribution in [0.25, 0.3) is 0 Å². The molecule has 3 atom stereocenters. The van der Waals surface area contributed by atoms with Crippen molar-refractivity contribution < 1.29 is 23.9 Å². The minimum absolute atomic E-state index is 0.213. The van der Waals surface area contributed by atoms with Crippen LogP contribution in [0.4, 0.5) is 5.69 Å². The van der Waals surface area contributed by atoms with Gasteiger partial charge in [-0.1, -0.05) is 26.0 Å². The van der Waals surface area contributed by atoms with Crippen LogP contribution in [-0.4, -0.2) is 57.0 Å². The number of hydrogen-bond acceptors (Lipinski definition) is 8. The fourth-order valence-corrected chi connectivity index (χ4v) is 5.15. The van der Waals surface area contributed by atoms with Gasteiger partial charge in [-0.05, 0) is 42.7 Å². The lowest BCUT2D eigenvalue weighted by molar-refractivity contribution is -0.151. The van der Waals surface area contributed by atoms with Crippen molar-refractivity contribution in [3.8, 4) is 0 Å². The molecule has 2 aliphatic rings. The minimum atomic E-state index is -0.897. The normalized spacial score (nSPS) is 22.2. The quantitative estimate of drug-likeness (QED) is 0.339. The standard InChI is InChI=1S/C26H34N2O5S/c1-7-34-13-12-33-26(31)21-16(3)27-19-14-15(2)20(25(30)32-6)24(29)23(19)22(21)17-8-10-18(11-9-17)28(4)5/h8-11,15,20,22,27H,7,12-14H2,1-6H3. The van der Waals surface area contributed by atoms with Gasteiger partial charge in [-0.2, -0.15) is 11.8 Å². The molecule has 184 valence electrons. The number of ketones is 1. The van der Waals surface area contributed by atoms with E-state index in [0.717, 1.165) is 22.7 Å². The molecule has 7 nitrogen and oxygen atoms in total. The van der Waals surface area contributed by atoms with Gasteiger partial charge in [0.1, 0.15) is 12.5 Å². The van der Waals surface area contributed by atoms with E-state index in [0.29, 0.717) is 35.6 Å². The van der Waals surface area contributed by atoms with Gasteiger partial charge in [-0.25, -0.2) is 4.79 Å². The van der Waals surface area contributed by atoms with Crippen LogP contribution >= 0.6 is 11.8 Å². The summed E-state index contributed by atoms with van der Waals surface area (Å²) >= 11 is 1.70. The average molecular weight is 487 g/mol. The fourth-order valence-electron chi connectivity index (χ4n) is 4.66. The van der Waals surface area contributed by atoms with Crippen molar-refractivity contribution in [3.63, 3.8) is 0 Å². The lowest BCUT2D eigenvalue weighted by Crippen LogP contribution is -2.43. The monoisotopic (exact) mass is 486 g/mol. The Kier molecular flexibility index (Phi) is 8.47. The van der Waals surface area contributed by atoms with Crippen molar-refractivity contribution in [1.82, 2.24) is 5.32 Å². The first-order valence-corrected chi connectivity index (χ1v) is 12.7. The molecule has 1 aromatic rings. The van der Waals surface area contributed by atoms with E-state index in [1.165, 1.54) is 7.11 Å². The smallest absolute Gasteiger partial charge is 0.336 e. The first-order valence-electron chi connectivity index (χ1n) is 11.6. The molecule has 1 N–H and O–H groups in total. The molecule has 3 rings (SSSR count). The molecule has 1 heterocycles. The number of anilines is 1. The number of nitrogens with zero attached hydrogens (tertiary/aromatic N) is 1. The number of dihydropyridines is 1. The maximum Gasteiger partial charge on any atom is 0.336 e. The molecule has 3 unspecified atom stereocenters. The highest BCUT2D eigenvalue weighted by atomic mass is 32.2. The predicted octanol–water partition coefficient (Wildman–Crippen LogP) is 3.66. The maximum atomic E-state index is 13.7. The number of rotatable bonds is 8. The SMILES string of the molecule is CCSCCOC(=O)C1=C(C)NC2=C(C(=O)C(C(=O)OC)C(C)C2)C1c1ccc(N(C)C)cc1. The van der Waals surface area contributed by atoms with Crippen LogP contribution in [0.3, 0.4) is 0 Å². The number of hydrogen-bond donors (Lipinski definition) is 1. The third-order valence-corrected chi connectivity index (χ3v) is 7.23. The Bertz CT molecular complexity index is 1010. The summed E-state index contributed by atoms with van der Waals surface area (Å²) in [6.45, 7) is 6.06. The topological polar surface area (TPSA) is 84.9 Å². The summed E-state index contributed by atoms with van der Waals surface area (Å²) < 4.78 is 10.6. The van der Waals surface area contributed by atoms with Gasteiger partial charge in [0.2, 0.25) is 0 Å². The third kappa shape index (κ3) is 5.17. The summed E-state index contributed by atoms with van der Waals surface area (Å²) in [5, 5.41) is 3.29. The van der Waals surface area contributed by atoms with E-state index in [4.69, 9.17) is 9.47 Å². The lowest BCUT2D eigenvalue weighted by Gasteiger charge is -2.38. The van der Waals surface area contributed by atoms with Crippen molar-refractivity contribution in [3.05, 3.63) is 52.4 Å². The van der Waals surface area contributed by atoms with E-state index in [9.17, 15) is 14.4 Å². The summed E-state index contributed by atoms with van der Waals surface area (Å²) in [5.41, 5.74) is 4.10. The Morgan fingerprint density at radius 1 is 1.21 bits per heavy atom. The largest absolute Gasteiger partial charge is 0.468 e. The third-order valence-electron chi connectivity index (χ3n) is 6.37. The highest BCUT2D eigenvalue weighted by Gasteiger charge is 2.47. The highest BCUT2D eigenvalue weighted by molar-refractivity contribution is 7.99. The van der Waals surface area contributed by atoms with E-state index in [1.54, 1.807) is 11.8 Å². The van der Waals surface area contributed by atoms with Crippen LogP contribution in [0.1, 0.15) is 38.7 Å². The van der Waals surface area contributed by atoms with E-state index >= 15 is 0 Å². The molecule has 34 heavy (non-hydrogen) atoms. The summed E-state index contributed by atoms with van der Waals surface area (Å²) in [6.07, 6.45) is 0.514. The number of benzene rings is 1. The number of esters is 2. The zero-order chi connectivity index (χ0) is 25.0. The second kappa shape index (κ2) is 11.1. The van der Waals surface area contributed by atoms with Crippen LogP contribution in [0.5, 0.6) is 0 Å². The van der Waals surface area contributed by atoms with Gasteiger partial charge in [0.15, 0.2) is 5.78 Å². The molecule has 1 aliphatic carbocycles. The van der Waals surface area contributed by atoms with E-state index < -0.39 is 23.8 Å². The van der Waals surface area contributed by atoms with Gasteiger partial charge in [0, 0.05) is 48.4 Å². The molecule has 1 aromatic carbocycles. The minimum Gasteiger partial charge on any atom is -0.468 e. The van der Waals surface area contributed by atoms with Crippen LogP contribution in [0, 0.1) is 11.8 Å². The van der Waals surface area contributed by atoms with Gasteiger partial charge in [-0.3, -0.25) is 9.59 Å². The van der Waals surface area contributed by atoms with Gasteiger partial charge in [-0.15, -0.1) is 0 Å². The number of ether oxygens (including phenoxy) is 2. The highest BCUT2D eigenvalue weighted by Crippen LogP contribution is 2.45. The van der Waals surface area contributed by atoms with Gasteiger partial charge in [0.05, 0.1) is 12.7 Å². The Morgan fingerprint density at radius 2 is 1.88 bits per heavy atom. The van der Waals surface area contributed by atoms with E-state index in [1.807, 2.05) is 57.1 Å². The average Bonchev–Trinajstić information content (AvgIpc) is 2.80. The number of thioether (sulfide) groups is 1. The number of carbonyl (C=O) groups excluding carboxylic acids is 3. The fraction of sp³-hybridized carbons (Fsp3) is 0.500. The number of methoxy groups -OCH3 is 1. The summed E-state index contributed by atoms with van der Waals surface area (Å²) in [7, 11) is 5.20. The molecule has 0 aromatic heterocycles. The van der Waals surface area contributed by atoms with Gasteiger partial charge < -0.3 is 19.7 Å². The van der Waals surface area contributed by atoms with Gasteiger partial charge >= 0.3 is 11.9 Å². The summed E-state index contributed by atoms with van der Waals surface area (Å²) in [4.78, 5) is 41.5. The van der Waals surface area contributed by atoms with Crippen LogP contribution in [0.15, 0.2) is 46.8 Å². The first-order chi connectivity index (χ1) is 16.2. The van der Waals surface area contributed by atoms with E-state index in [-0.39, 0.29) is 11.7 Å². The van der Waals surface area contributed by atoms with Crippen molar-refractivity contribution in [1.29, 1.82) is 0 Å².